The van der Waals surface area contributed by atoms with Crippen LogP contribution in [0.3, 0.4) is 0 Å². The summed E-state index contributed by atoms with van der Waals surface area (Å²) in [5, 5.41) is 3.07. The van der Waals surface area contributed by atoms with E-state index >= 15 is 0 Å². The molecule has 0 saturated carbocycles. The molecule has 2 rings (SSSR count). The molecule has 0 unspecified atom stereocenters. The molecular formula is C14H21N3O. The van der Waals surface area contributed by atoms with Crippen LogP contribution in [0.1, 0.15) is 37.2 Å². The van der Waals surface area contributed by atoms with Gasteiger partial charge in [-0.25, -0.2) is 0 Å². The number of piperidine rings is 1. The number of hydrogen-bond donors (Lipinski definition) is 1. The van der Waals surface area contributed by atoms with E-state index in [4.69, 9.17) is 0 Å². The highest BCUT2D eigenvalue weighted by atomic mass is 16.1. The van der Waals surface area contributed by atoms with Gasteiger partial charge in [0.15, 0.2) is 0 Å². The van der Waals surface area contributed by atoms with Crippen LogP contribution in [-0.4, -0.2) is 41.0 Å². The van der Waals surface area contributed by atoms with Crippen LogP contribution in [0.2, 0.25) is 0 Å². The summed E-state index contributed by atoms with van der Waals surface area (Å²) < 4.78 is 0. The van der Waals surface area contributed by atoms with Gasteiger partial charge in [0.25, 0.3) is 5.91 Å². The molecule has 4 heteroatoms. The highest BCUT2D eigenvalue weighted by Gasteiger charge is 2.22. The van der Waals surface area contributed by atoms with Crippen molar-refractivity contribution in [2.75, 3.05) is 13.1 Å². The summed E-state index contributed by atoms with van der Waals surface area (Å²) >= 11 is 0. The number of carbonyl (C=O) groups excluding carboxylic acids is 1. The summed E-state index contributed by atoms with van der Waals surface area (Å²) in [7, 11) is 0. The maximum atomic E-state index is 11.9. The van der Waals surface area contributed by atoms with Gasteiger partial charge in [-0.3, -0.25) is 9.78 Å². The summed E-state index contributed by atoms with van der Waals surface area (Å²) in [6, 6.07) is 6.28. The molecule has 18 heavy (non-hydrogen) atoms. The Morgan fingerprint density at radius 2 is 2.11 bits per heavy atom. The Hall–Kier alpha value is -1.42. The molecule has 0 bridgehead atoms. The molecule has 2 heterocycles. The van der Waals surface area contributed by atoms with Crippen LogP contribution in [0.15, 0.2) is 24.4 Å². The second kappa shape index (κ2) is 5.96. The highest BCUT2D eigenvalue weighted by Crippen LogP contribution is 2.13. The van der Waals surface area contributed by atoms with Crippen molar-refractivity contribution in [2.24, 2.45) is 0 Å². The van der Waals surface area contributed by atoms with Crippen molar-refractivity contribution in [2.45, 2.75) is 38.8 Å². The Kier molecular flexibility index (Phi) is 4.31. The summed E-state index contributed by atoms with van der Waals surface area (Å²) in [4.78, 5) is 18.5. The molecule has 98 valence electrons. The monoisotopic (exact) mass is 247 g/mol. The summed E-state index contributed by atoms with van der Waals surface area (Å²) in [6.07, 6.45) is 3.70. The number of carbonyl (C=O) groups is 1. The average molecular weight is 247 g/mol. The van der Waals surface area contributed by atoms with E-state index in [1.165, 1.54) is 0 Å². The van der Waals surface area contributed by atoms with Gasteiger partial charge in [-0.05, 0) is 38.8 Å². The van der Waals surface area contributed by atoms with Crippen LogP contribution >= 0.6 is 0 Å². The smallest absolute Gasteiger partial charge is 0.270 e. The Morgan fingerprint density at radius 3 is 2.67 bits per heavy atom. The quantitative estimate of drug-likeness (QED) is 0.884. The first-order chi connectivity index (χ1) is 8.66. The molecule has 1 fully saturated rings. The van der Waals surface area contributed by atoms with Crippen LogP contribution in [0.25, 0.3) is 0 Å². The first-order valence-corrected chi connectivity index (χ1v) is 6.63. The second-order valence-corrected chi connectivity index (χ2v) is 5.09. The lowest BCUT2D eigenvalue weighted by atomic mass is 10.0. The number of nitrogens with zero attached hydrogens (tertiary/aromatic N) is 2. The molecule has 1 aliphatic rings. The maximum Gasteiger partial charge on any atom is 0.270 e. The fourth-order valence-electron chi connectivity index (χ4n) is 2.32. The minimum atomic E-state index is -0.0569. The fraction of sp³-hybridized carbons (Fsp3) is 0.571. The van der Waals surface area contributed by atoms with E-state index in [9.17, 15) is 4.79 Å². The predicted molar refractivity (Wildman–Crippen MR) is 71.4 cm³/mol. The number of likely N-dealkylation sites (tertiary alicyclic amines) is 1. The Labute approximate surface area is 108 Å². The standard InChI is InChI=1S/C14H21N3O/c1-11(2)17-9-6-12(7-10-17)16-14(18)13-5-3-4-8-15-13/h3-5,8,11-12H,6-7,9-10H2,1-2H3,(H,16,18). The first-order valence-electron chi connectivity index (χ1n) is 6.63. The third kappa shape index (κ3) is 3.29. The number of aromatic nitrogens is 1. The minimum absolute atomic E-state index is 0.0569. The normalized spacial score (nSPS) is 17.9. The average Bonchev–Trinajstić information content (AvgIpc) is 2.40. The summed E-state index contributed by atoms with van der Waals surface area (Å²) in [6.45, 7) is 6.55. The van der Waals surface area contributed by atoms with E-state index in [1.54, 1.807) is 12.3 Å². The van der Waals surface area contributed by atoms with E-state index in [2.05, 4.69) is 29.0 Å². The van der Waals surface area contributed by atoms with Crippen molar-refractivity contribution in [3.05, 3.63) is 30.1 Å². The lowest BCUT2D eigenvalue weighted by Gasteiger charge is -2.34. The van der Waals surface area contributed by atoms with Gasteiger partial charge >= 0.3 is 0 Å². The molecule has 0 radical (unpaired) electrons. The van der Waals surface area contributed by atoms with Crippen molar-refractivity contribution >= 4 is 5.91 Å². The predicted octanol–water partition coefficient (Wildman–Crippen LogP) is 1.68. The van der Waals surface area contributed by atoms with Crippen LogP contribution < -0.4 is 5.32 Å². The van der Waals surface area contributed by atoms with Gasteiger partial charge in [0, 0.05) is 31.4 Å². The van der Waals surface area contributed by atoms with E-state index in [-0.39, 0.29) is 11.9 Å². The van der Waals surface area contributed by atoms with Gasteiger partial charge in [0.2, 0.25) is 0 Å². The molecule has 4 nitrogen and oxygen atoms in total. The first kappa shape index (κ1) is 13.0. The molecular weight excluding hydrogens is 226 g/mol. The number of amides is 1. The van der Waals surface area contributed by atoms with Gasteiger partial charge in [-0.15, -0.1) is 0 Å². The summed E-state index contributed by atoms with van der Waals surface area (Å²) in [5.74, 6) is -0.0569. The number of rotatable bonds is 3. The number of pyridine rings is 1. The van der Waals surface area contributed by atoms with E-state index in [1.807, 2.05) is 12.1 Å². The maximum absolute atomic E-state index is 11.9. The van der Waals surface area contributed by atoms with Crippen molar-refractivity contribution < 1.29 is 4.79 Å². The van der Waals surface area contributed by atoms with Gasteiger partial charge in [-0.1, -0.05) is 6.07 Å². The highest BCUT2D eigenvalue weighted by molar-refractivity contribution is 5.92. The molecule has 1 N–H and O–H groups in total. The van der Waals surface area contributed by atoms with Crippen molar-refractivity contribution in [3.63, 3.8) is 0 Å². The molecule has 0 aliphatic carbocycles. The fourth-order valence-corrected chi connectivity index (χ4v) is 2.32. The second-order valence-electron chi connectivity index (χ2n) is 5.09. The molecule has 1 aliphatic heterocycles. The number of hydrogen-bond acceptors (Lipinski definition) is 3. The van der Waals surface area contributed by atoms with E-state index in [0.29, 0.717) is 11.7 Å². The summed E-state index contributed by atoms with van der Waals surface area (Å²) in [5.41, 5.74) is 0.504. The third-order valence-corrected chi connectivity index (χ3v) is 3.49. The van der Waals surface area contributed by atoms with Gasteiger partial charge in [-0.2, -0.15) is 0 Å². The molecule has 0 atom stereocenters. The van der Waals surface area contributed by atoms with Gasteiger partial charge in [0.05, 0.1) is 0 Å². The number of nitrogens with one attached hydrogen (secondary N) is 1. The zero-order valence-electron chi connectivity index (χ0n) is 11.1. The van der Waals surface area contributed by atoms with E-state index < -0.39 is 0 Å². The van der Waals surface area contributed by atoms with Crippen LogP contribution in [-0.2, 0) is 0 Å². The van der Waals surface area contributed by atoms with Gasteiger partial charge in [0.1, 0.15) is 5.69 Å². The Balaban J connectivity index is 1.83. The topological polar surface area (TPSA) is 45.2 Å². The zero-order chi connectivity index (χ0) is 13.0. The van der Waals surface area contributed by atoms with Gasteiger partial charge < -0.3 is 10.2 Å². The van der Waals surface area contributed by atoms with E-state index in [0.717, 1.165) is 25.9 Å². The lowest BCUT2D eigenvalue weighted by molar-refractivity contribution is 0.0895. The lowest BCUT2D eigenvalue weighted by Crippen LogP contribution is -2.46. The van der Waals surface area contributed by atoms with Crippen LogP contribution in [0.4, 0.5) is 0 Å². The Bertz CT molecular complexity index is 383. The Morgan fingerprint density at radius 1 is 1.39 bits per heavy atom. The van der Waals surface area contributed by atoms with Crippen LogP contribution in [0, 0.1) is 0 Å². The van der Waals surface area contributed by atoms with Crippen molar-refractivity contribution in [1.29, 1.82) is 0 Å². The molecule has 1 amide bonds. The zero-order valence-corrected chi connectivity index (χ0v) is 11.1. The van der Waals surface area contributed by atoms with Crippen LogP contribution in [0.5, 0.6) is 0 Å². The molecule has 1 aromatic heterocycles. The molecule has 1 aromatic rings. The molecule has 0 aromatic carbocycles. The molecule has 0 spiro atoms. The SMILES string of the molecule is CC(C)N1CCC(NC(=O)c2ccccn2)CC1. The minimum Gasteiger partial charge on any atom is -0.348 e. The van der Waals surface area contributed by atoms with Crippen molar-refractivity contribution in [3.8, 4) is 0 Å². The largest absolute Gasteiger partial charge is 0.348 e. The molecule has 1 saturated heterocycles. The van der Waals surface area contributed by atoms with Crippen molar-refractivity contribution in [1.82, 2.24) is 15.2 Å². The third-order valence-electron chi connectivity index (χ3n) is 3.49.